The number of hydrogen-bond acceptors (Lipinski definition) is 3. The van der Waals surface area contributed by atoms with Crippen molar-refractivity contribution in [1.29, 1.82) is 0 Å². The third kappa shape index (κ3) is 4.87. The van der Waals surface area contributed by atoms with Gasteiger partial charge in [-0.05, 0) is 42.4 Å². The second kappa shape index (κ2) is 9.27. The van der Waals surface area contributed by atoms with Crippen LogP contribution >= 0.6 is 11.6 Å². The minimum Gasteiger partial charge on any atom is -0.396 e. The SMILES string of the molecule is CC(C)C(=O)N1CCC([C@@H]2CN(C(=O)Cc3cccc(Cl)c3)C[C@H]2CO)CC1. The quantitative estimate of drug-likeness (QED) is 0.817. The molecule has 0 unspecified atom stereocenters. The second-order valence-electron chi connectivity index (χ2n) is 8.53. The number of halogens is 1. The zero-order chi connectivity index (χ0) is 20.3. The fourth-order valence-corrected chi connectivity index (χ4v) is 4.89. The number of aliphatic hydroxyl groups is 1. The third-order valence-corrected chi connectivity index (χ3v) is 6.51. The van der Waals surface area contributed by atoms with Gasteiger partial charge in [-0.25, -0.2) is 0 Å². The normalized spacial score (nSPS) is 23.5. The van der Waals surface area contributed by atoms with Gasteiger partial charge in [0.2, 0.25) is 11.8 Å². The van der Waals surface area contributed by atoms with E-state index in [-0.39, 0.29) is 30.3 Å². The Kier molecular flexibility index (Phi) is 7.00. The van der Waals surface area contributed by atoms with Crippen molar-refractivity contribution in [3.05, 3.63) is 34.9 Å². The Morgan fingerprint density at radius 1 is 1.18 bits per heavy atom. The number of carbonyl (C=O) groups is 2. The fraction of sp³-hybridized carbons (Fsp3) is 0.636. The van der Waals surface area contributed by atoms with E-state index < -0.39 is 0 Å². The van der Waals surface area contributed by atoms with Crippen molar-refractivity contribution >= 4 is 23.4 Å². The molecular formula is C22H31ClN2O3. The number of carbonyl (C=O) groups excluding carboxylic acids is 2. The maximum Gasteiger partial charge on any atom is 0.227 e. The number of likely N-dealkylation sites (tertiary alicyclic amines) is 2. The van der Waals surface area contributed by atoms with E-state index in [1.165, 1.54) is 0 Å². The van der Waals surface area contributed by atoms with Crippen molar-refractivity contribution in [2.75, 3.05) is 32.8 Å². The summed E-state index contributed by atoms with van der Waals surface area (Å²) in [6.45, 7) is 6.88. The number of piperidine rings is 1. The minimum atomic E-state index is 0.0350. The second-order valence-corrected chi connectivity index (χ2v) is 8.97. The van der Waals surface area contributed by atoms with Crippen LogP contribution in [0.4, 0.5) is 0 Å². The van der Waals surface area contributed by atoms with Crippen molar-refractivity contribution in [3.8, 4) is 0 Å². The molecule has 0 bridgehead atoms. The van der Waals surface area contributed by atoms with Crippen molar-refractivity contribution in [2.45, 2.75) is 33.1 Å². The molecule has 3 rings (SSSR count). The predicted molar refractivity (Wildman–Crippen MR) is 110 cm³/mol. The van der Waals surface area contributed by atoms with Crippen molar-refractivity contribution in [2.24, 2.45) is 23.7 Å². The Morgan fingerprint density at radius 2 is 1.89 bits per heavy atom. The van der Waals surface area contributed by atoms with Crippen LogP contribution in [0.5, 0.6) is 0 Å². The highest BCUT2D eigenvalue weighted by Crippen LogP contribution is 2.36. The molecule has 0 saturated carbocycles. The van der Waals surface area contributed by atoms with Crippen LogP contribution in [-0.2, 0) is 16.0 Å². The van der Waals surface area contributed by atoms with E-state index in [1.807, 2.05) is 41.8 Å². The Hall–Kier alpha value is -1.59. The van der Waals surface area contributed by atoms with E-state index in [0.717, 1.165) is 31.5 Å². The number of benzene rings is 1. The lowest BCUT2D eigenvalue weighted by Gasteiger charge is -2.37. The van der Waals surface area contributed by atoms with Gasteiger partial charge in [-0.3, -0.25) is 9.59 Å². The maximum atomic E-state index is 12.8. The van der Waals surface area contributed by atoms with E-state index >= 15 is 0 Å². The minimum absolute atomic E-state index is 0.0350. The molecule has 0 spiro atoms. The lowest BCUT2D eigenvalue weighted by Crippen LogP contribution is -2.43. The van der Waals surface area contributed by atoms with Gasteiger partial charge in [0.1, 0.15) is 0 Å². The maximum absolute atomic E-state index is 12.8. The van der Waals surface area contributed by atoms with E-state index in [9.17, 15) is 14.7 Å². The van der Waals surface area contributed by atoms with Crippen LogP contribution in [0, 0.1) is 23.7 Å². The summed E-state index contributed by atoms with van der Waals surface area (Å²) in [5.74, 6) is 1.24. The summed E-state index contributed by atoms with van der Waals surface area (Å²) in [6, 6.07) is 7.42. The lowest BCUT2D eigenvalue weighted by molar-refractivity contribution is -0.136. The summed E-state index contributed by atoms with van der Waals surface area (Å²) in [4.78, 5) is 28.9. The Morgan fingerprint density at radius 3 is 2.50 bits per heavy atom. The highest BCUT2D eigenvalue weighted by molar-refractivity contribution is 6.30. The first-order valence-electron chi connectivity index (χ1n) is 10.3. The van der Waals surface area contributed by atoms with Gasteiger partial charge in [0.25, 0.3) is 0 Å². The van der Waals surface area contributed by atoms with Gasteiger partial charge >= 0.3 is 0 Å². The van der Waals surface area contributed by atoms with Gasteiger partial charge in [-0.2, -0.15) is 0 Å². The van der Waals surface area contributed by atoms with Crippen LogP contribution in [0.2, 0.25) is 5.02 Å². The monoisotopic (exact) mass is 406 g/mol. The van der Waals surface area contributed by atoms with Gasteiger partial charge < -0.3 is 14.9 Å². The summed E-state index contributed by atoms with van der Waals surface area (Å²) in [7, 11) is 0. The number of amides is 2. The van der Waals surface area contributed by atoms with E-state index in [2.05, 4.69) is 0 Å². The smallest absolute Gasteiger partial charge is 0.227 e. The number of nitrogens with zero attached hydrogens (tertiary/aromatic N) is 2. The van der Waals surface area contributed by atoms with Gasteiger partial charge in [0.15, 0.2) is 0 Å². The van der Waals surface area contributed by atoms with E-state index in [4.69, 9.17) is 11.6 Å². The van der Waals surface area contributed by atoms with Gasteiger partial charge in [0, 0.05) is 49.6 Å². The molecule has 2 aliphatic rings. The Bertz CT molecular complexity index is 701. The average Bonchev–Trinajstić information content (AvgIpc) is 3.12. The van der Waals surface area contributed by atoms with Gasteiger partial charge in [-0.1, -0.05) is 37.6 Å². The topological polar surface area (TPSA) is 60.9 Å². The summed E-state index contributed by atoms with van der Waals surface area (Å²) in [5, 5.41) is 10.5. The lowest BCUT2D eigenvalue weighted by atomic mass is 9.78. The fourth-order valence-electron chi connectivity index (χ4n) is 4.67. The van der Waals surface area contributed by atoms with Gasteiger partial charge in [0.05, 0.1) is 6.42 Å². The molecule has 2 amide bonds. The molecule has 1 N–H and O–H groups in total. The Balaban J connectivity index is 1.58. The van der Waals surface area contributed by atoms with Crippen molar-refractivity contribution in [1.82, 2.24) is 9.80 Å². The van der Waals surface area contributed by atoms with Crippen molar-refractivity contribution in [3.63, 3.8) is 0 Å². The molecular weight excluding hydrogens is 376 g/mol. The highest BCUT2D eigenvalue weighted by Gasteiger charge is 2.40. The molecule has 2 aliphatic heterocycles. The first-order valence-corrected chi connectivity index (χ1v) is 10.7. The molecule has 2 heterocycles. The number of aliphatic hydroxyl groups excluding tert-OH is 1. The molecule has 0 radical (unpaired) electrons. The molecule has 2 fully saturated rings. The van der Waals surface area contributed by atoms with E-state index in [1.54, 1.807) is 6.07 Å². The first kappa shape index (κ1) is 21.1. The van der Waals surface area contributed by atoms with E-state index in [0.29, 0.717) is 36.4 Å². The van der Waals surface area contributed by atoms with Crippen LogP contribution in [0.15, 0.2) is 24.3 Å². The molecule has 5 nitrogen and oxygen atoms in total. The predicted octanol–water partition coefficient (Wildman–Crippen LogP) is 2.84. The Labute approximate surface area is 172 Å². The van der Waals surface area contributed by atoms with Crippen LogP contribution in [-0.4, -0.2) is 59.5 Å². The van der Waals surface area contributed by atoms with Gasteiger partial charge in [-0.15, -0.1) is 0 Å². The van der Waals surface area contributed by atoms with Crippen LogP contribution in [0.25, 0.3) is 0 Å². The van der Waals surface area contributed by atoms with Crippen LogP contribution < -0.4 is 0 Å². The van der Waals surface area contributed by atoms with Crippen molar-refractivity contribution < 1.29 is 14.7 Å². The molecule has 0 aromatic heterocycles. The summed E-state index contributed by atoms with van der Waals surface area (Å²) in [5.41, 5.74) is 0.919. The van der Waals surface area contributed by atoms with Crippen LogP contribution in [0.3, 0.4) is 0 Å². The van der Waals surface area contributed by atoms with Crippen LogP contribution in [0.1, 0.15) is 32.3 Å². The molecule has 154 valence electrons. The average molecular weight is 407 g/mol. The molecule has 28 heavy (non-hydrogen) atoms. The largest absolute Gasteiger partial charge is 0.396 e. The molecule has 1 aromatic rings. The number of rotatable bonds is 5. The summed E-state index contributed by atoms with van der Waals surface area (Å²) < 4.78 is 0. The zero-order valence-corrected chi connectivity index (χ0v) is 17.6. The summed E-state index contributed by atoms with van der Waals surface area (Å²) >= 11 is 6.03. The summed E-state index contributed by atoms with van der Waals surface area (Å²) in [6.07, 6.45) is 2.25. The number of hydrogen-bond donors (Lipinski definition) is 1. The highest BCUT2D eigenvalue weighted by atomic mass is 35.5. The molecule has 6 heteroatoms. The molecule has 1 aromatic carbocycles. The first-order chi connectivity index (χ1) is 13.4. The standard InChI is InChI=1S/C22H31ClN2O3/c1-15(2)22(28)24-8-6-17(7-9-24)20-13-25(12-18(20)14-26)21(27)11-16-4-3-5-19(23)10-16/h3-5,10,15,17-18,20,26H,6-9,11-14H2,1-2H3/t18-,20-/m0/s1. The zero-order valence-electron chi connectivity index (χ0n) is 16.8. The third-order valence-electron chi connectivity index (χ3n) is 6.27. The molecule has 0 aliphatic carbocycles. The molecule has 2 atom stereocenters. The molecule has 2 saturated heterocycles.